The van der Waals surface area contributed by atoms with Crippen molar-refractivity contribution in [1.29, 1.82) is 0 Å². The molecule has 0 saturated heterocycles. The van der Waals surface area contributed by atoms with Crippen molar-refractivity contribution in [3.05, 3.63) is 26.3 Å². The van der Waals surface area contributed by atoms with Gasteiger partial charge >= 0.3 is 5.97 Å². The Morgan fingerprint density at radius 3 is 2.50 bits per heavy atom. The molecule has 3 nitrogen and oxygen atoms in total. The second kappa shape index (κ2) is 3.49. The number of carbonyl (C=O) groups is 1. The zero-order valence-corrected chi connectivity index (χ0v) is 8.63. The zero-order chi connectivity index (χ0) is 9.30. The molecule has 0 aliphatic heterocycles. The van der Waals surface area contributed by atoms with Crippen LogP contribution >= 0.6 is 34.2 Å². The summed E-state index contributed by atoms with van der Waals surface area (Å²) in [5, 5.41) is 17.8. The maximum atomic E-state index is 10.5. The van der Waals surface area contributed by atoms with Crippen molar-refractivity contribution in [3.8, 4) is 5.75 Å². The molecular weight excluding hydrogens is 294 g/mol. The minimum atomic E-state index is -1.06. The molecule has 0 spiro atoms. The van der Waals surface area contributed by atoms with Gasteiger partial charge in [0, 0.05) is 0 Å². The van der Waals surface area contributed by atoms with E-state index in [9.17, 15) is 9.90 Å². The van der Waals surface area contributed by atoms with Crippen molar-refractivity contribution >= 4 is 40.2 Å². The van der Waals surface area contributed by atoms with Gasteiger partial charge in [0.1, 0.15) is 5.75 Å². The molecule has 0 saturated carbocycles. The fourth-order valence-electron chi connectivity index (χ4n) is 0.689. The van der Waals surface area contributed by atoms with Crippen LogP contribution in [0.5, 0.6) is 5.75 Å². The zero-order valence-electron chi connectivity index (χ0n) is 5.71. The van der Waals surface area contributed by atoms with E-state index in [0.717, 1.165) is 0 Å². The van der Waals surface area contributed by atoms with E-state index in [0.29, 0.717) is 3.57 Å². The lowest BCUT2D eigenvalue weighted by molar-refractivity contribution is 0.0697. The molecule has 0 aromatic heterocycles. The summed E-state index contributed by atoms with van der Waals surface area (Å²) >= 11 is 7.36. The lowest BCUT2D eigenvalue weighted by Crippen LogP contribution is -1.96. The predicted octanol–water partition coefficient (Wildman–Crippen LogP) is 2.35. The second-order valence-corrected chi connectivity index (χ2v) is 3.66. The van der Waals surface area contributed by atoms with Crippen LogP contribution in [0.4, 0.5) is 0 Å². The highest BCUT2D eigenvalue weighted by Gasteiger charge is 2.09. The van der Waals surface area contributed by atoms with Crippen LogP contribution < -0.4 is 0 Å². The van der Waals surface area contributed by atoms with Crippen LogP contribution in [0.2, 0.25) is 5.02 Å². The molecule has 5 heteroatoms. The monoisotopic (exact) mass is 298 g/mol. The van der Waals surface area contributed by atoms with Crippen molar-refractivity contribution in [2.45, 2.75) is 0 Å². The van der Waals surface area contributed by atoms with Gasteiger partial charge in [-0.3, -0.25) is 0 Å². The average molecular weight is 298 g/mol. The lowest BCUT2D eigenvalue weighted by atomic mass is 10.2. The van der Waals surface area contributed by atoms with E-state index in [1.165, 1.54) is 12.1 Å². The first-order valence-electron chi connectivity index (χ1n) is 2.93. The van der Waals surface area contributed by atoms with Crippen molar-refractivity contribution in [3.63, 3.8) is 0 Å². The molecule has 0 aliphatic rings. The third-order valence-corrected chi connectivity index (χ3v) is 2.37. The number of aromatic hydroxyl groups is 1. The highest BCUT2D eigenvalue weighted by Crippen LogP contribution is 2.29. The van der Waals surface area contributed by atoms with E-state index < -0.39 is 5.97 Å². The largest absolute Gasteiger partial charge is 0.505 e. The Balaban J connectivity index is 3.31. The van der Waals surface area contributed by atoms with Crippen LogP contribution in [-0.4, -0.2) is 16.2 Å². The molecule has 0 bridgehead atoms. The number of aromatic carboxylic acids is 1. The topological polar surface area (TPSA) is 57.5 Å². The maximum Gasteiger partial charge on any atom is 0.335 e. The summed E-state index contributed by atoms with van der Waals surface area (Å²) in [6.07, 6.45) is 0. The van der Waals surface area contributed by atoms with Gasteiger partial charge in [-0.25, -0.2) is 4.79 Å². The van der Waals surface area contributed by atoms with Gasteiger partial charge in [-0.1, -0.05) is 11.6 Å². The molecule has 1 aromatic carbocycles. The summed E-state index contributed by atoms with van der Waals surface area (Å²) in [4.78, 5) is 10.5. The molecule has 0 radical (unpaired) electrons. The molecule has 64 valence electrons. The molecule has 0 amide bonds. The van der Waals surface area contributed by atoms with Crippen LogP contribution in [0.3, 0.4) is 0 Å². The number of phenolic OH excluding ortho intramolecular Hbond substituents is 1. The summed E-state index contributed by atoms with van der Waals surface area (Å²) < 4.78 is 0.428. The van der Waals surface area contributed by atoms with Gasteiger partial charge < -0.3 is 10.2 Å². The molecule has 12 heavy (non-hydrogen) atoms. The number of phenols is 1. The van der Waals surface area contributed by atoms with E-state index in [-0.39, 0.29) is 16.3 Å². The van der Waals surface area contributed by atoms with Gasteiger partial charge in [0.25, 0.3) is 0 Å². The Hall–Kier alpha value is -0.490. The van der Waals surface area contributed by atoms with E-state index in [1.807, 2.05) is 22.6 Å². The van der Waals surface area contributed by atoms with Crippen molar-refractivity contribution < 1.29 is 15.0 Å². The SMILES string of the molecule is O=C(O)c1cc(Cl)c(O)c(I)c1. The van der Waals surface area contributed by atoms with Gasteiger partial charge in [-0.2, -0.15) is 0 Å². The number of rotatable bonds is 1. The molecule has 1 rings (SSSR count). The number of benzene rings is 1. The first-order chi connectivity index (χ1) is 5.52. The van der Waals surface area contributed by atoms with Crippen LogP contribution in [0, 0.1) is 3.57 Å². The lowest BCUT2D eigenvalue weighted by Gasteiger charge is -2.01. The minimum Gasteiger partial charge on any atom is -0.505 e. The first-order valence-corrected chi connectivity index (χ1v) is 4.39. The van der Waals surface area contributed by atoms with E-state index >= 15 is 0 Å². The number of carboxylic acid groups (broad SMARTS) is 1. The molecule has 0 atom stereocenters. The molecule has 2 N–H and O–H groups in total. The van der Waals surface area contributed by atoms with Gasteiger partial charge in [0.2, 0.25) is 0 Å². The Labute approximate surface area is 87.1 Å². The standard InChI is InChI=1S/C7H4ClIO3/c8-4-1-3(7(11)12)2-5(9)6(4)10/h1-2,10H,(H,11,12). The van der Waals surface area contributed by atoms with Crippen LogP contribution in [-0.2, 0) is 0 Å². The summed E-state index contributed by atoms with van der Waals surface area (Å²) in [6, 6.07) is 2.56. The summed E-state index contributed by atoms with van der Waals surface area (Å²) in [5.74, 6) is -1.14. The minimum absolute atomic E-state index is 0.0549. The third kappa shape index (κ3) is 1.81. The quantitative estimate of drug-likeness (QED) is 0.783. The maximum absolute atomic E-state index is 10.5. The Bertz CT molecular complexity index is 314. The predicted molar refractivity (Wildman–Crippen MR) is 52.8 cm³/mol. The Morgan fingerprint density at radius 2 is 2.08 bits per heavy atom. The summed E-state index contributed by atoms with van der Waals surface area (Å²) in [6.45, 7) is 0. The van der Waals surface area contributed by atoms with Crippen molar-refractivity contribution in [2.24, 2.45) is 0 Å². The fourth-order valence-corrected chi connectivity index (χ4v) is 1.69. The van der Waals surface area contributed by atoms with E-state index in [1.54, 1.807) is 0 Å². The van der Waals surface area contributed by atoms with Gasteiger partial charge in [-0.05, 0) is 34.7 Å². The summed E-state index contributed by atoms with van der Waals surface area (Å²) in [5.41, 5.74) is 0.0715. The molecular formula is C7H4ClIO3. The Morgan fingerprint density at radius 1 is 1.50 bits per heavy atom. The van der Waals surface area contributed by atoms with Crippen LogP contribution in [0.1, 0.15) is 10.4 Å². The van der Waals surface area contributed by atoms with Crippen molar-refractivity contribution in [1.82, 2.24) is 0 Å². The second-order valence-electron chi connectivity index (χ2n) is 2.09. The van der Waals surface area contributed by atoms with Gasteiger partial charge in [-0.15, -0.1) is 0 Å². The molecule has 0 fully saturated rings. The number of halogens is 2. The fraction of sp³-hybridized carbons (Fsp3) is 0. The van der Waals surface area contributed by atoms with E-state index in [2.05, 4.69) is 0 Å². The molecule has 0 unspecified atom stereocenters. The number of hydrogen-bond donors (Lipinski definition) is 2. The first kappa shape index (κ1) is 9.60. The highest BCUT2D eigenvalue weighted by atomic mass is 127. The average Bonchev–Trinajstić information content (AvgIpc) is 1.99. The van der Waals surface area contributed by atoms with E-state index in [4.69, 9.17) is 16.7 Å². The van der Waals surface area contributed by atoms with Gasteiger partial charge in [0.05, 0.1) is 14.2 Å². The van der Waals surface area contributed by atoms with Crippen LogP contribution in [0.15, 0.2) is 12.1 Å². The van der Waals surface area contributed by atoms with Crippen LogP contribution in [0.25, 0.3) is 0 Å². The Kier molecular flexibility index (Phi) is 2.79. The summed E-state index contributed by atoms with van der Waals surface area (Å²) in [7, 11) is 0. The molecule has 0 aliphatic carbocycles. The highest BCUT2D eigenvalue weighted by molar-refractivity contribution is 14.1. The third-order valence-electron chi connectivity index (χ3n) is 1.26. The number of carboxylic acids is 1. The molecule has 1 aromatic rings. The normalized spacial score (nSPS) is 9.83. The smallest absolute Gasteiger partial charge is 0.335 e. The molecule has 0 heterocycles. The number of hydrogen-bond acceptors (Lipinski definition) is 2. The van der Waals surface area contributed by atoms with Gasteiger partial charge in [0.15, 0.2) is 0 Å². The van der Waals surface area contributed by atoms with Crippen molar-refractivity contribution in [2.75, 3.05) is 0 Å².